The Labute approximate surface area is 172 Å². The Morgan fingerprint density at radius 2 is 1.97 bits per heavy atom. The Morgan fingerprint density at radius 1 is 1.24 bits per heavy atom. The van der Waals surface area contributed by atoms with Crippen molar-refractivity contribution in [2.24, 2.45) is 0 Å². The number of piperidine rings is 1. The number of methoxy groups -OCH3 is 1. The van der Waals surface area contributed by atoms with Gasteiger partial charge in [0.2, 0.25) is 10.0 Å². The third-order valence-corrected chi connectivity index (χ3v) is 9.60. The minimum atomic E-state index is -3.83. The number of hydrogen-bond donors (Lipinski definition) is 0. The van der Waals surface area contributed by atoms with E-state index >= 15 is 0 Å². The molecule has 2 unspecified atom stereocenters. The topological polar surface area (TPSA) is 101 Å². The summed E-state index contributed by atoms with van der Waals surface area (Å²) < 4.78 is 56.8. The standard InChI is InChI=1S/C19H28N2O6S2/c1-14-6-4-5-10-21(14)29(25,26)18-12-15(7-8-17(18)27-3)19(22)20(2)16-9-11-28(23,24)13-16/h7-8,12,14,16H,4-6,9-11,13H2,1-3H3. The van der Waals surface area contributed by atoms with Gasteiger partial charge in [0.1, 0.15) is 10.6 Å². The van der Waals surface area contributed by atoms with Crippen molar-refractivity contribution in [1.29, 1.82) is 0 Å². The van der Waals surface area contributed by atoms with Crippen LogP contribution in [0.2, 0.25) is 0 Å². The second-order valence-corrected chi connectivity index (χ2v) is 11.9. The van der Waals surface area contributed by atoms with Crippen LogP contribution in [0.25, 0.3) is 0 Å². The molecule has 0 spiro atoms. The zero-order valence-electron chi connectivity index (χ0n) is 17.0. The van der Waals surface area contributed by atoms with E-state index in [1.54, 1.807) is 7.05 Å². The minimum Gasteiger partial charge on any atom is -0.495 e. The summed E-state index contributed by atoms with van der Waals surface area (Å²) in [4.78, 5) is 14.3. The highest BCUT2D eigenvalue weighted by Gasteiger charge is 2.36. The number of benzene rings is 1. The van der Waals surface area contributed by atoms with E-state index in [0.29, 0.717) is 13.0 Å². The van der Waals surface area contributed by atoms with Gasteiger partial charge in [-0.05, 0) is 44.4 Å². The van der Waals surface area contributed by atoms with E-state index in [0.717, 1.165) is 19.3 Å². The second kappa shape index (κ2) is 8.23. The molecule has 0 N–H and O–H groups in total. The molecular formula is C19H28N2O6S2. The van der Waals surface area contributed by atoms with Crippen molar-refractivity contribution in [3.05, 3.63) is 23.8 Å². The van der Waals surface area contributed by atoms with Crippen molar-refractivity contribution in [3.8, 4) is 5.75 Å². The third-order valence-electron chi connectivity index (χ3n) is 5.82. The first kappa shape index (κ1) is 22.0. The number of rotatable bonds is 5. The van der Waals surface area contributed by atoms with Gasteiger partial charge in [-0.2, -0.15) is 4.31 Å². The molecule has 10 heteroatoms. The maximum Gasteiger partial charge on any atom is 0.253 e. The number of amides is 1. The summed E-state index contributed by atoms with van der Waals surface area (Å²) in [6, 6.07) is 3.81. The van der Waals surface area contributed by atoms with Gasteiger partial charge >= 0.3 is 0 Å². The Kier molecular flexibility index (Phi) is 6.26. The highest BCUT2D eigenvalue weighted by atomic mass is 32.2. The maximum absolute atomic E-state index is 13.3. The van der Waals surface area contributed by atoms with Gasteiger partial charge in [-0.25, -0.2) is 16.8 Å². The van der Waals surface area contributed by atoms with E-state index in [1.165, 1.54) is 34.5 Å². The lowest BCUT2D eigenvalue weighted by Gasteiger charge is -2.32. The van der Waals surface area contributed by atoms with Crippen molar-refractivity contribution in [2.45, 2.75) is 49.6 Å². The molecule has 162 valence electrons. The van der Waals surface area contributed by atoms with Crippen molar-refractivity contribution in [2.75, 3.05) is 32.2 Å². The Morgan fingerprint density at radius 3 is 2.55 bits per heavy atom. The van der Waals surface area contributed by atoms with Crippen LogP contribution in [0.1, 0.15) is 43.0 Å². The quantitative estimate of drug-likeness (QED) is 0.682. The van der Waals surface area contributed by atoms with Crippen LogP contribution in [-0.2, 0) is 19.9 Å². The van der Waals surface area contributed by atoms with E-state index in [4.69, 9.17) is 4.74 Å². The highest BCUT2D eigenvalue weighted by molar-refractivity contribution is 7.91. The molecule has 8 nitrogen and oxygen atoms in total. The average Bonchev–Trinajstić information content (AvgIpc) is 3.06. The number of carbonyl (C=O) groups excluding carboxylic acids is 1. The largest absolute Gasteiger partial charge is 0.495 e. The third kappa shape index (κ3) is 4.44. The first-order valence-corrected chi connectivity index (χ1v) is 13.0. The van der Waals surface area contributed by atoms with Crippen molar-refractivity contribution in [1.82, 2.24) is 9.21 Å². The van der Waals surface area contributed by atoms with E-state index in [-0.39, 0.29) is 33.8 Å². The predicted molar refractivity (Wildman–Crippen MR) is 109 cm³/mol. The molecule has 0 aromatic heterocycles. The Balaban J connectivity index is 1.93. The highest BCUT2D eigenvalue weighted by Crippen LogP contribution is 2.32. The molecule has 2 heterocycles. The van der Waals surface area contributed by atoms with Crippen molar-refractivity contribution < 1.29 is 26.4 Å². The molecule has 0 saturated carbocycles. The smallest absolute Gasteiger partial charge is 0.253 e. The number of nitrogens with zero attached hydrogens (tertiary/aromatic N) is 2. The SMILES string of the molecule is COc1ccc(C(=O)N(C)C2CCS(=O)(=O)C2)cc1S(=O)(=O)N1CCCCC1C. The van der Waals surface area contributed by atoms with Crippen LogP contribution in [0.5, 0.6) is 5.75 Å². The number of carbonyl (C=O) groups is 1. The first-order chi connectivity index (χ1) is 13.6. The number of ether oxygens (including phenoxy) is 1. The monoisotopic (exact) mass is 444 g/mol. The normalized spacial score (nSPS) is 24.9. The second-order valence-electron chi connectivity index (χ2n) is 7.80. The van der Waals surface area contributed by atoms with Crippen LogP contribution < -0.4 is 4.74 Å². The molecule has 3 rings (SSSR count). The van der Waals surface area contributed by atoms with Crippen LogP contribution in [-0.4, -0.2) is 76.2 Å². The molecule has 2 aliphatic rings. The van der Waals surface area contributed by atoms with E-state index in [1.807, 2.05) is 6.92 Å². The predicted octanol–water partition coefficient (Wildman–Crippen LogP) is 1.52. The number of sulfonamides is 1. The fourth-order valence-electron chi connectivity index (χ4n) is 4.02. The molecule has 0 radical (unpaired) electrons. The number of hydrogen-bond acceptors (Lipinski definition) is 6. The molecule has 1 amide bonds. The summed E-state index contributed by atoms with van der Waals surface area (Å²) in [6.45, 7) is 2.32. The zero-order valence-corrected chi connectivity index (χ0v) is 18.6. The Bertz CT molecular complexity index is 990. The summed E-state index contributed by atoms with van der Waals surface area (Å²) in [7, 11) is -4.02. The van der Waals surface area contributed by atoms with Gasteiger partial charge < -0.3 is 9.64 Å². The van der Waals surface area contributed by atoms with E-state index in [2.05, 4.69) is 0 Å². The molecule has 0 bridgehead atoms. The molecule has 2 aliphatic heterocycles. The van der Waals surface area contributed by atoms with Gasteiger partial charge in [0.25, 0.3) is 5.91 Å². The molecule has 2 fully saturated rings. The number of sulfone groups is 1. The summed E-state index contributed by atoms with van der Waals surface area (Å²) in [5.74, 6) is -0.227. The first-order valence-electron chi connectivity index (χ1n) is 9.74. The van der Waals surface area contributed by atoms with Gasteiger partial charge in [0, 0.05) is 31.2 Å². The Hall–Kier alpha value is -1.65. The van der Waals surface area contributed by atoms with Crippen LogP contribution in [0.4, 0.5) is 0 Å². The molecule has 1 aromatic carbocycles. The molecule has 2 atom stereocenters. The van der Waals surface area contributed by atoms with Gasteiger partial charge in [0.15, 0.2) is 9.84 Å². The fourth-order valence-corrected chi connectivity index (χ4v) is 7.67. The summed E-state index contributed by atoms with van der Waals surface area (Å²) in [5, 5.41) is 0. The zero-order chi connectivity index (χ0) is 21.4. The molecule has 2 saturated heterocycles. The van der Waals surface area contributed by atoms with E-state index in [9.17, 15) is 21.6 Å². The van der Waals surface area contributed by atoms with E-state index < -0.39 is 31.8 Å². The summed E-state index contributed by atoms with van der Waals surface area (Å²) >= 11 is 0. The lowest BCUT2D eigenvalue weighted by atomic mass is 10.1. The molecule has 0 aliphatic carbocycles. The van der Waals surface area contributed by atoms with Gasteiger partial charge in [-0.3, -0.25) is 4.79 Å². The fraction of sp³-hybridized carbons (Fsp3) is 0.632. The van der Waals surface area contributed by atoms with Crippen LogP contribution in [0.3, 0.4) is 0 Å². The molecule has 29 heavy (non-hydrogen) atoms. The summed E-state index contributed by atoms with van der Waals surface area (Å²) in [5.41, 5.74) is 0.195. The van der Waals surface area contributed by atoms with Gasteiger partial charge in [-0.1, -0.05) is 6.42 Å². The van der Waals surface area contributed by atoms with Crippen molar-refractivity contribution >= 4 is 25.8 Å². The van der Waals surface area contributed by atoms with Gasteiger partial charge in [0.05, 0.1) is 18.6 Å². The maximum atomic E-state index is 13.3. The van der Waals surface area contributed by atoms with Gasteiger partial charge in [-0.15, -0.1) is 0 Å². The lowest BCUT2D eigenvalue weighted by Crippen LogP contribution is -2.42. The summed E-state index contributed by atoms with van der Waals surface area (Å²) in [6.07, 6.45) is 2.96. The van der Waals surface area contributed by atoms with Crippen LogP contribution >= 0.6 is 0 Å². The molecule has 1 aromatic rings. The average molecular weight is 445 g/mol. The minimum absolute atomic E-state index is 0.0351. The van der Waals surface area contributed by atoms with Crippen molar-refractivity contribution in [3.63, 3.8) is 0 Å². The van der Waals surface area contributed by atoms with Crippen LogP contribution in [0, 0.1) is 0 Å². The van der Waals surface area contributed by atoms with Crippen LogP contribution in [0.15, 0.2) is 23.1 Å². The lowest BCUT2D eigenvalue weighted by molar-refractivity contribution is 0.0747. The molecular weight excluding hydrogens is 416 g/mol.